The molecule has 0 aliphatic heterocycles. The van der Waals surface area contributed by atoms with Gasteiger partial charge in [0, 0.05) is 18.2 Å². The van der Waals surface area contributed by atoms with Gasteiger partial charge in [0.25, 0.3) is 5.91 Å². The quantitative estimate of drug-likeness (QED) is 0.890. The third-order valence-corrected chi connectivity index (χ3v) is 3.59. The minimum atomic E-state index is -0.470. The third-order valence-electron chi connectivity index (χ3n) is 2.95. The molecule has 0 heterocycles. The molecule has 1 aromatic rings. The minimum absolute atomic E-state index is 0.00306. The van der Waals surface area contributed by atoms with Crippen LogP contribution in [0, 0.1) is 11.2 Å². The number of carbonyl (C=O) groups is 1. The van der Waals surface area contributed by atoms with Crippen LogP contribution in [0.15, 0.2) is 22.7 Å². The SMILES string of the molecule is CC(C)(C)C(CCO)NC(=O)c1ccc(Br)c(F)c1. The fourth-order valence-electron chi connectivity index (χ4n) is 1.73. The summed E-state index contributed by atoms with van der Waals surface area (Å²) in [5.74, 6) is -0.804. The van der Waals surface area contributed by atoms with Gasteiger partial charge in [-0.1, -0.05) is 20.8 Å². The van der Waals surface area contributed by atoms with Crippen molar-refractivity contribution in [3.05, 3.63) is 34.1 Å². The molecule has 106 valence electrons. The van der Waals surface area contributed by atoms with Gasteiger partial charge in [0.05, 0.1) is 4.47 Å². The van der Waals surface area contributed by atoms with Gasteiger partial charge in [-0.3, -0.25) is 4.79 Å². The summed E-state index contributed by atoms with van der Waals surface area (Å²) in [5.41, 5.74) is 0.0969. The monoisotopic (exact) mass is 331 g/mol. The average Bonchev–Trinajstić information content (AvgIpc) is 2.30. The van der Waals surface area contributed by atoms with E-state index in [2.05, 4.69) is 21.2 Å². The number of rotatable bonds is 4. The van der Waals surface area contributed by atoms with Gasteiger partial charge >= 0.3 is 0 Å². The minimum Gasteiger partial charge on any atom is -0.396 e. The Labute approximate surface area is 121 Å². The maximum absolute atomic E-state index is 13.4. The Hall–Kier alpha value is -0.940. The Bertz CT molecular complexity index is 457. The molecule has 0 saturated heterocycles. The molecule has 0 aliphatic rings. The normalized spacial score (nSPS) is 13.2. The highest BCUT2D eigenvalue weighted by molar-refractivity contribution is 9.10. The second-order valence-electron chi connectivity index (χ2n) is 5.53. The highest BCUT2D eigenvalue weighted by Crippen LogP contribution is 2.22. The first-order valence-corrected chi connectivity index (χ1v) is 6.91. The van der Waals surface area contributed by atoms with Crippen LogP contribution in [0.1, 0.15) is 37.6 Å². The summed E-state index contributed by atoms with van der Waals surface area (Å²) in [5, 5.41) is 11.9. The van der Waals surface area contributed by atoms with Crippen molar-refractivity contribution in [2.45, 2.75) is 33.2 Å². The van der Waals surface area contributed by atoms with Crippen molar-refractivity contribution in [2.24, 2.45) is 5.41 Å². The number of nitrogens with one attached hydrogen (secondary N) is 1. The van der Waals surface area contributed by atoms with Crippen molar-refractivity contribution in [1.29, 1.82) is 0 Å². The van der Waals surface area contributed by atoms with E-state index in [1.165, 1.54) is 12.1 Å². The van der Waals surface area contributed by atoms with Crippen molar-refractivity contribution in [1.82, 2.24) is 5.32 Å². The van der Waals surface area contributed by atoms with E-state index in [-0.39, 0.29) is 29.5 Å². The topological polar surface area (TPSA) is 49.3 Å². The van der Waals surface area contributed by atoms with Crippen molar-refractivity contribution in [3.63, 3.8) is 0 Å². The molecule has 0 spiro atoms. The van der Waals surface area contributed by atoms with Crippen LogP contribution in [0.25, 0.3) is 0 Å². The van der Waals surface area contributed by atoms with Crippen LogP contribution in [0.4, 0.5) is 4.39 Å². The number of amides is 1. The molecular weight excluding hydrogens is 313 g/mol. The number of halogens is 2. The lowest BCUT2D eigenvalue weighted by atomic mass is 9.85. The van der Waals surface area contributed by atoms with Crippen LogP contribution in [-0.2, 0) is 0 Å². The maximum Gasteiger partial charge on any atom is 0.251 e. The first kappa shape index (κ1) is 16.1. The number of aliphatic hydroxyl groups is 1. The highest BCUT2D eigenvalue weighted by atomic mass is 79.9. The molecule has 0 aromatic heterocycles. The molecule has 19 heavy (non-hydrogen) atoms. The number of hydrogen-bond acceptors (Lipinski definition) is 2. The Kier molecular flexibility index (Phi) is 5.50. The summed E-state index contributed by atoms with van der Waals surface area (Å²) in [6, 6.07) is 4.08. The smallest absolute Gasteiger partial charge is 0.251 e. The lowest BCUT2D eigenvalue weighted by molar-refractivity contribution is 0.0884. The maximum atomic E-state index is 13.4. The first-order chi connectivity index (χ1) is 8.75. The second kappa shape index (κ2) is 6.48. The molecule has 5 heteroatoms. The van der Waals surface area contributed by atoms with Gasteiger partial charge in [-0.05, 0) is 46.0 Å². The van der Waals surface area contributed by atoms with Crippen molar-refractivity contribution >= 4 is 21.8 Å². The molecule has 1 amide bonds. The molecule has 1 unspecified atom stereocenters. The number of carbonyl (C=O) groups excluding carboxylic acids is 1. The van der Waals surface area contributed by atoms with Gasteiger partial charge in [-0.15, -0.1) is 0 Å². The lowest BCUT2D eigenvalue weighted by Crippen LogP contribution is -2.44. The Morgan fingerprint density at radius 3 is 2.58 bits per heavy atom. The second-order valence-corrected chi connectivity index (χ2v) is 6.39. The van der Waals surface area contributed by atoms with Gasteiger partial charge in [0.1, 0.15) is 5.82 Å². The van der Waals surface area contributed by atoms with Crippen LogP contribution >= 0.6 is 15.9 Å². The summed E-state index contributed by atoms with van der Waals surface area (Å²) in [6.45, 7) is 5.94. The van der Waals surface area contributed by atoms with E-state index in [0.29, 0.717) is 10.9 Å². The standard InChI is InChI=1S/C14H19BrFNO2/c1-14(2,3)12(6-7-18)17-13(19)9-4-5-10(15)11(16)8-9/h4-5,8,12,18H,6-7H2,1-3H3,(H,17,19). The summed E-state index contributed by atoms with van der Waals surface area (Å²) >= 11 is 3.05. The molecule has 0 aliphatic carbocycles. The Morgan fingerprint density at radius 1 is 1.47 bits per heavy atom. The van der Waals surface area contributed by atoms with Gasteiger partial charge in [-0.25, -0.2) is 4.39 Å². The zero-order chi connectivity index (χ0) is 14.6. The molecule has 1 rings (SSSR count). The van der Waals surface area contributed by atoms with Gasteiger partial charge in [0.2, 0.25) is 0 Å². The van der Waals surface area contributed by atoms with Gasteiger partial charge in [0.15, 0.2) is 0 Å². The fraction of sp³-hybridized carbons (Fsp3) is 0.500. The zero-order valence-corrected chi connectivity index (χ0v) is 12.9. The van der Waals surface area contributed by atoms with E-state index in [9.17, 15) is 9.18 Å². The van der Waals surface area contributed by atoms with E-state index < -0.39 is 5.82 Å². The molecule has 3 nitrogen and oxygen atoms in total. The van der Waals surface area contributed by atoms with E-state index >= 15 is 0 Å². The van der Waals surface area contributed by atoms with Gasteiger partial charge in [-0.2, -0.15) is 0 Å². The molecule has 1 atom stereocenters. The first-order valence-electron chi connectivity index (χ1n) is 6.12. The van der Waals surface area contributed by atoms with Crippen LogP contribution in [0.3, 0.4) is 0 Å². The summed E-state index contributed by atoms with van der Waals surface area (Å²) in [6.07, 6.45) is 0.467. The van der Waals surface area contributed by atoms with Crippen molar-refractivity contribution < 1.29 is 14.3 Å². The summed E-state index contributed by atoms with van der Waals surface area (Å²) < 4.78 is 13.7. The molecule has 0 bridgehead atoms. The predicted octanol–water partition coefficient (Wildman–Crippen LogP) is 3.12. The molecule has 0 radical (unpaired) electrons. The van der Waals surface area contributed by atoms with E-state index in [1.54, 1.807) is 6.07 Å². The largest absolute Gasteiger partial charge is 0.396 e. The van der Waals surface area contributed by atoms with Crippen LogP contribution < -0.4 is 5.32 Å². The van der Waals surface area contributed by atoms with Gasteiger partial charge < -0.3 is 10.4 Å². The van der Waals surface area contributed by atoms with E-state index in [4.69, 9.17) is 5.11 Å². The lowest BCUT2D eigenvalue weighted by Gasteiger charge is -2.31. The van der Waals surface area contributed by atoms with E-state index in [0.717, 1.165) is 0 Å². The highest BCUT2D eigenvalue weighted by Gasteiger charge is 2.26. The molecular formula is C14H19BrFNO2. The predicted molar refractivity (Wildman–Crippen MR) is 76.5 cm³/mol. The number of hydrogen-bond donors (Lipinski definition) is 2. The summed E-state index contributed by atoms with van der Waals surface area (Å²) in [7, 11) is 0. The number of benzene rings is 1. The van der Waals surface area contributed by atoms with Crippen molar-refractivity contribution in [3.8, 4) is 0 Å². The Morgan fingerprint density at radius 2 is 2.11 bits per heavy atom. The summed E-state index contributed by atoms with van der Waals surface area (Å²) in [4.78, 5) is 12.1. The Balaban J connectivity index is 2.84. The van der Waals surface area contributed by atoms with Crippen LogP contribution in [-0.4, -0.2) is 23.7 Å². The molecule has 2 N–H and O–H groups in total. The fourth-order valence-corrected chi connectivity index (χ4v) is 1.98. The average molecular weight is 332 g/mol. The number of aliphatic hydroxyl groups excluding tert-OH is 1. The molecule has 0 fully saturated rings. The van der Waals surface area contributed by atoms with E-state index in [1.807, 2.05) is 20.8 Å². The van der Waals surface area contributed by atoms with Crippen LogP contribution in [0.2, 0.25) is 0 Å². The third kappa shape index (κ3) is 4.58. The molecule has 1 aromatic carbocycles. The zero-order valence-electron chi connectivity index (χ0n) is 11.3. The molecule has 0 saturated carbocycles. The van der Waals surface area contributed by atoms with Crippen molar-refractivity contribution in [2.75, 3.05) is 6.61 Å². The van der Waals surface area contributed by atoms with Crippen LogP contribution in [0.5, 0.6) is 0 Å².